The summed E-state index contributed by atoms with van der Waals surface area (Å²) in [5.41, 5.74) is 2.22. The third-order valence-electron chi connectivity index (χ3n) is 3.52. The van der Waals surface area contributed by atoms with E-state index in [-0.39, 0.29) is 0 Å². The van der Waals surface area contributed by atoms with Gasteiger partial charge < -0.3 is 14.6 Å². The molecule has 0 aliphatic heterocycles. The van der Waals surface area contributed by atoms with Gasteiger partial charge in [-0.05, 0) is 19.1 Å². The summed E-state index contributed by atoms with van der Waals surface area (Å²) < 4.78 is 7.33. The largest absolute Gasteiger partial charge is 0.481 e. The van der Waals surface area contributed by atoms with Gasteiger partial charge in [0.25, 0.3) is 0 Å². The summed E-state index contributed by atoms with van der Waals surface area (Å²) in [6.45, 7) is 3.76. The fourth-order valence-corrected chi connectivity index (χ4v) is 2.50. The second-order valence-electron chi connectivity index (χ2n) is 4.86. The van der Waals surface area contributed by atoms with Gasteiger partial charge in [-0.3, -0.25) is 0 Å². The summed E-state index contributed by atoms with van der Waals surface area (Å²) in [4.78, 5) is 13.1. The van der Waals surface area contributed by atoms with Gasteiger partial charge in [0.1, 0.15) is 5.82 Å². The van der Waals surface area contributed by atoms with E-state index in [0.717, 1.165) is 30.9 Å². The number of rotatable bonds is 6. The average Bonchev–Trinajstić information content (AvgIpc) is 2.92. The van der Waals surface area contributed by atoms with Crippen molar-refractivity contribution < 1.29 is 4.74 Å². The smallest absolute Gasteiger partial charge is 0.225 e. The van der Waals surface area contributed by atoms with Gasteiger partial charge in [-0.15, -0.1) is 0 Å². The molecule has 2 aromatic heterocycles. The number of nitrogens with zero attached hydrogens (tertiary/aromatic N) is 4. The molecular formula is C16H19N5O. The van der Waals surface area contributed by atoms with Crippen molar-refractivity contribution in [1.29, 1.82) is 0 Å². The van der Waals surface area contributed by atoms with Crippen LogP contribution in [0.3, 0.4) is 0 Å². The molecular weight excluding hydrogens is 278 g/mol. The molecule has 0 atom stereocenters. The third kappa shape index (κ3) is 2.86. The molecule has 0 amide bonds. The van der Waals surface area contributed by atoms with E-state index < -0.39 is 0 Å². The summed E-state index contributed by atoms with van der Waals surface area (Å²) in [5, 5.41) is 3.21. The minimum absolute atomic E-state index is 0.554. The number of fused-ring (bicyclic) bond motifs is 1. The Hall–Kier alpha value is -2.63. The highest BCUT2D eigenvalue weighted by molar-refractivity contribution is 5.75. The molecule has 1 aromatic carbocycles. The summed E-state index contributed by atoms with van der Waals surface area (Å²) in [5.74, 6) is 2.19. The zero-order chi connectivity index (χ0) is 15.4. The molecule has 0 saturated heterocycles. The highest BCUT2D eigenvalue weighted by Gasteiger charge is 2.08. The van der Waals surface area contributed by atoms with Crippen LogP contribution in [0.4, 0.5) is 5.95 Å². The zero-order valence-corrected chi connectivity index (χ0v) is 12.8. The second-order valence-corrected chi connectivity index (χ2v) is 4.86. The van der Waals surface area contributed by atoms with Crippen LogP contribution in [0.1, 0.15) is 12.7 Å². The van der Waals surface area contributed by atoms with Gasteiger partial charge in [-0.2, -0.15) is 4.98 Å². The molecule has 6 heteroatoms. The van der Waals surface area contributed by atoms with Gasteiger partial charge in [0, 0.05) is 31.8 Å². The Balaban J connectivity index is 1.71. The van der Waals surface area contributed by atoms with E-state index in [4.69, 9.17) is 9.72 Å². The molecule has 3 rings (SSSR count). The topological polar surface area (TPSA) is 64.9 Å². The van der Waals surface area contributed by atoms with Crippen LogP contribution in [0.5, 0.6) is 5.88 Å². The molecule has 0 bridgehead atoms. The van der Waals surface area contributed by atoms with Crippen molar-refractivity contribution in [3.8, 4) is 5.88 Å². The van der Waals surface area contributed by atoms with Crippen molar-refractivity contribution in [3.05, 3.63) is 42.4 Å². The number of imidazole rings is 1. The summed E-state index contributed by atoms with van der Waals surface area (Å²) >= 11 is 0. The predicted molar refractivity (Wildman–Crippen MR) is 86.2 cm³/mol. The zero-order valence-electron chi connectivity index (χ0n) is 12.8. The van der Waals surface area contributed by atoms with E-state index >= 15 is 0 Å². The highest BCUT2D eigenvalue weighted by atomic mass is 16.5. The number of benzene rings is 1. The molecule has 3 aromatic rings. The highest BCUT2D eigenvalue weighted by Crippen LogP contribution is 2.16. The molecule has 2 heterocycles. The maximum Gasteiger partial charge on any atom is 0.225 e. The van der Waals surface area contributed by atoms with E-state index in [9.17, 15) is 0 Å². The summed E-state index contributed by atoms with van der Waals surface area (Å²) in [6, 6.07) is 9.93. The Morgan fingerprint density at radius 3 is 2.86 bits per heavy atom. The monoisotopic (exact) mass is 297 g/mol. The molecule has 0 spiro atoms. The Kier molecular flexibility index (Phi) is 4.18. The number of methoxy groups -OCH3 is 1. The molecule has 22 heavy (non-hydrogen) atoms. The van der Waals surface area contributed by atoms with Crippen molar-refractivity contribution in [2.75, 3.05) is 19.0 Å². The number of anilines is 1. The van der Waals surface area contributed by atoms with Gasteiger partial charge in [0.15, 0.2) is 0 Å². The lowest BCUT2D eigenvalue weighted by Gasteiger charge is -2.07. The van der Waals surface area contributed by atoms with Crippen molar-refractivity contribution >= 4 is 17.0 Å². The van der Waals surface area contributed by atoms with Crippen LogP contribution < -0.4 is 10.1 Å². The van der Waals surface area contributed by atoms with Crippen LogP contribution in [-0.4, -0.2) is 33.2 Å². The van der Waals surface area contributed by atoms with E-state index in [1.807, 2.05) is 18.2 Å². The van der Waals surface area contributed by atoms with Gasteiger partial charge in [-0.25, -0.2) is 9.97 Å². The molecule has 0 aliphatic rings. The molecule has 0 fully saturated rings. The van der Waals surface area contributed by atoms with Crippen LogP contribution >= 0.6 is 0 Å². The molecule has 0 radical (unpaired) electrons. The minimum Gasteiger partial charge on any atom is -0.481 e. The fraction of sp³-hybridized carbons (Fsp3) is 0.312. The van der Waals surface area contributed by atoms with Crippen molar-refractivity contribution in [3.63, 3.8) is 0 Å². The van der Waals surface area contributed by atoms with Gasteiger partial charge in [0.2, 0.25) is 11.8 Å². The molecule has 6 nitrogen and oxygen atoms in total. The Labute approximate surface area is 129 Å². The van der Waals surface area contributed by atoms with Crippen molar-refractivity contribution in [2.24, 2.45) is 0 Å². The Morgan fingerprint density at radius 2 is 2.05 bits per heavy atom. The predicted octanol–water partition coefficient (Wildman–Crippen LogP) is 2.51. The van der Waals surface area contributed by atoms with E-state index in [1.165, 1.54) is 5.52 Å². The normalized spacial score (nSPS) is 10.8. The van der Waals surface area contributed by atoms with E-state index in [1.54, 1.807) is 19.4 Å². The SMILES string of the molecule is CCn1c(CCNc2nccc(OC)n2)nc2ccccc21. The van der Waals surface area contributed by atoms with E-state index in [0.29, 0.717) is 11.8 Å². The molecule has 114 valence electrons. The summed E-state index contributed by atoms with van der Waals surface area (Å²) in [6.07, 6.45) is 2.48. The first kappa shape index (κ1) is 14.3. The van der Waals surface area contributed by atoms with Crippen molar-refractivity contribution in [1.82, 2.24) is 19.5 Å². The fourth-order valence-electron chi connectivity index (χ4n) is 2.50. The first-order valence-corrected chi connectivity index (χ1v) is 7.37. The average molecular weight is 297 g/mol. The Morgan fingerprint density at radius 1 is 1.18 bits per heavy atom. The van der Waals surface area contributed by atoms with Crippen LogP contribution in [0.2, 0.25) is 0 Å². The second kappa shape index (κ2) is 6.43. The standard InChI is InChI=1S/C16H19N5O/c1-3-21-13-7-5-4-6-12(13)19-14(21)8-10-17-16-18-11-9-15(20-16)22-2/h4-7,9,11H,3,8,10H2,1-2H3,(H,17,18,20). The molecule has 1 N–H and O–H groups in total. The quantitative estimate of drug-likeness (QED) is 0.757. The molecule has 0 unspecified atom stereocenters. The Bertz CT molecular complexity index is 768. The van der Waals surface area contributed by atoms with Crippen LogP contribution in [0.25, 0.3) is 11.0 Å². The summed E-state index contributed by atoms with van der Waals surface area (Å²) in [7, 11) is 1.59. The van der Waals surface area contributed by atoms with Crippen LogP contribution in [-0.2, 0) is 13.0 Å². The van der Waals surface area contributed by atoms with Crippen LogP contribution in [0.15, 0.2) is 36.5 Å². The number of aromatic nitrogens is 4. The number of ether oxygens (including phenoxy) is 1. The first-order valence-electron chi connectivity index (χ1n) is 7.37. The van der Waals surface area contributed by atoms with Crippen LogP contribution in [0, 0.1) is 0 Å². The molecule has 0 saturated carbocycles. The number of para-hydroxylation sites is 2. The number of nitrogens with one attached hydrogen (secondary N) is 1. The maximum absolute atomic E-state index is 5.09. The van der Waals surface area contributed by atoms with E-state index in [2.05, 4.69) is 32.8 Å². The maximum atomic E-state index is 5.09. The number of aryl methyl sites for hydroxylation is 1. The van der Waals surface area contributed by atoms with Gasteiger partial charge in [0.05, 0.1) is 18.1 Å². The van der Waals surface area contributed by atoms with Gasteiger partial charge >= 0.3 is 0 Å². The van der Waals surface area contributed by atoms with Gasteiger partial charge in [-0.1, -0.05) is 12.1 Å². The lowest BCUT2D eigenvalue weighted by atomic mass is 10.3. The third-order valence-corrected chi connectivity index (χ3v) is 3.52. The lowest BCUT2D eigenvalue weighted by molar-refractivity contribution is 0.397. The minimum atomic E-state index is 0.554. The first-order chi connectivity index (χ1) is 10.8. The van der Waals surface area contributed by atoms with Crippen molar-refractivity contribution in [2.45, 2.75) is 19.9 Å². The lowest BCUT2D eigenvalue weighted by Crippen LogP contribution is -2.11. The number of hydrogen-bond donors (Lipinski definition) is 1. The molecule has 0 aliphatic carbocycles. The number of hydrogen-bond acceptors (Lipinski definition) is 5.